The minimum absolute atomic E-state index is 0.123. The molecule has 5 aliphatic carbocycles. The molecule has 36 heavy (non-hydrogen) atoms. The highest BCUT2D eigenvalue weighted by atomic mass is 16.5. The third kappa shape index (κ3) is 3.27. The minimum atomic E-state index is -0.427. The monoisotopic (exact) mass is 498 g/mol. The van der Waals surface area contributed by atoms with E-state index in [0.29, 0.717) is 36.2 Å². The van der Waals surface area contributed by atoms with Gasteiger partial charge in [-0.05, 0) is 117 Å². The first-order valence-corrected chi connectivity index (χ1v) is 14.7. The molecule has 5 saturated carbocycles. The van der Waals surface area contributed by atoms with Crippen molar-refractivity contribution in [3.63, 3.8) is 0 Å². The number of aliphatic hydroxyl groups is 1. The lowest BCUT2D eigenvalue weighted by Crippen LogP contribution is -2.67. The Morgan fingerprint density at radius 2 is 1.64 bits per heavy atom. The highest BCUT2D eigenvalue weighted by molar-refractivity contribution is 5.66. The predicted octanol–water partition coefficient (Wildman–Crippen LogP) is 6.75. The van der Waals surface area contributed by atoms with Gasteiger partial charge >= 0.3 is 5.97 Å². The number of esters is 1. The van der Waals surface area contributed by atoms with Crippen LogP contribution in [0.1, 0.15) is 106 Å². The molecular formula is C32H50O4. The fourth-order valence-corrected chi connectivity index (χ4v) is 11.7. The molecule has 0 aliphatic heterocycles. The average Bonchev–Trinajstić information content (AvgIpc) is 3.21. The molecule has 0 aromatic heterocycles. The highest BCUT2D eigenvalue weighted by Gasteiger charge is 2.71. The van der Waals surface area contributed by atoms with Crippen LogP contribution in [0.3, 0.4) is 0 Å². The third-order valence-corrected chi connectivity index (χ3v) is 13.7. The molecule has 5 aliphatic rings. The lowest BCUT2D eigenvalue weighted by atomic mass is 9.32. The van der Waals surface area contributed by atoms with Crippen molar-refractivity contribution in [1.82, 2.24) is 0 Å². The molecule has 202 valence electrons. The van der Waals surface area contributed by atoms with E-state index in [1.807, 2.05) is 0 Å². The number of ether oxygens (including phenoxy) is 1. The molecule has 5 rings (SSSR count). The van der Waals surface area contributed by atoms with Gasteiger partial charge in [-0.1, -0.05) is 39.8 Å². The van der Waals surface area contributed by atoms with Crippen LogP contribution in [0.5, 0.6) is 0 Å². The summed E-state index contributed by atoms with van der Waals surface area (Å²) in [4.78, 5) is 24.4. The van der Waals surface area contributed by atoms with Crippen molar-refractivity contribution in [1.29, 1.82) is 0 Å². The van der Waals surface area contributed by atoms with Crippen molar-refractivity contribution in [2.45, 2.75) is 112 Å². The van der Waals surface area contributed by atoms with Crippen LogP contribution in [0, 0.1) is 56.7 Å². The highest BCUT2D eigenvalue weighted by Crippen LogP contribution is 2.77. The molecule has 4 nitrogen and oxygen atoms in total. The summed E-state index contributed by atoms with van der Waals surface area (Å²) < 4.78 is 5.58. The average molecular weight is 499 g/mol. The van der Waals surface area contributed by atoms with Gasteiger partial charge in [-0.2, -0.15) is 0 Å². The Bertz CT molecular complexity index is 942. The van der Waals surface area contributed by atoms with E-state index in [-0.39, 0.29) is 27.6 Å². The largest absolute Gasteiger partial charge is 0.465 e. The van der Waals surface area contributed by atoms with E-state index < -0.39 is 11.5 Å². The maximum absolute atomic E-state index is 12.6. The standard InChI is InChI=1S/C32H50O4/c1-20(2)22-10-15-32(18-33)17-16-30(6)23(27(22)32)8-9-25-28(4)13-12-26(35)29(5,19-36-21(3)34)24(28)11-14-31(25,30)7/h18,22-27,35H,1,8-17,19H2,2-7H3/t22-,23?,24?,25?,26-,27?,28-,29-,30+,31+,32?/m0/s1. The fraction of sp³-hybridized carbons (Fsp3) is 0.875. The van der Waals surface area contributed by atoms with Gasteiger partial charge in [0.15, 0.2) is 0 Å². The number of hydrogen-bond acceptors (Lipinski definition) is 4. The lowest BCUT2D eigenvalue weighted by Gasteiger charge is -2.72. The van der Waals surface area contributed by atoms with Gasteiger partial charge in [0.2, 0.25) is 0 Å². The molecular weight excluding hydrogens is 448 g/mol. The van der Waals surface area contributed by atoms with Crippen LogP contribution in [0.25, 0.3) is 0 Å². The van der Waals surface area contributed by atoms with Crippen LogP contribution in [0.2, 0.25) is 0 Å². The first-order chi connectivity index (χ1) is 16.8. The third-order valence-electron chi connectivity index (χ3n) is 13.7. The van der Waals surface area contributed by atoms with E-state index >= 15 is 0 Å². The number of rotatable bonds is 4. The summed E-state index contributed by atoms with van der Waals surface area (Å²) in [5, 5.41) is 11.2. The SMILES string of the molecule is C=C(C)[C@@H]1CCC2(C=O)CC[C@]3(C)C(CCC4[C@@]5(C)CC[C@H](O)[C@@](C)(COC(C)=O)C5CC[C@]43C)C12. The Morgan fingerprint density at radius 1 is 0.917 bits per heavy atom. The maximum atomic E-state index is 12.6. The molecule has 11 atom stereocenters. The number of hydrogen-bond donors (Lipinski definition) is 1. The van der Waals surface area contributed by atoms with E-state index in [1.54, 1.807) is 0 Å². The second kappa shape index (κ2) is 8.42. The van der Waals surface area contributed by atoms with Gasteiger partial charge < -0.3 is 14.6 Å². The Labute approximate surface area is 219 Å². The molecule has 4 heteroatoms. The summed E-state index contributed by atoms with van der Waals surface area (Å²) in [7, 11) is 0. The number of carbonyl (C=O) groups excluding carboxylic acids is 2. The van der Waals surface area contributed by atoms with Gasteiger partial charge in [-0.15, -0.1) is 0 Å². The van der Waals surface area contributed by atoms with E-state index in [4.69, 9.17) is 4.74 Å². The van der Waals surface area contributed by atoms with Crippen LogP contribution < -0.4 is 0 Å². The van der Waals surface area contributed by atoms with Crippen LogP contribution >= 0.6 is 0 Å². The predicted molar refractivity (Wildman–Crippen MR) is 142 cm³/mol. The van der Waals surface area contributed by atoms with E-state index in [1.165, 1.54) is 31.6 Å². The van der Waals surface area contributed by atoms with Crippen molar-refractivity contribution < 1.29 is 19.4 Å². The van der Waals surface area contributed by atoms with E-state index in [2.05, 4.69) is 41.2 Å². The molecule has 0 saturated heterocycles. The van der Waals surface area contributed by atoms with Gasteiger partial charge in [0.25, 0.3) is 0 Å². The summed E-state index contributed by atoms with van der Waals surface area (Å²) in [5.41, 5.74) is 1.28. The van der Waals surface area contributed by atoms with Gasteiger partial charge in [0.1, 0.15) is 6.29 Å². The number of allylic oxidation sites excluding steroid dienone is 1. The molecule has 0 spiro atoms. The van der Waals surface area contributed by atoms with E-state index in [0.717, 1.165) is 51.4 Å². The molecule has 1 N–H and O–H groups in total. The molecule has 0 amide bonds. The number of carbonyl (C=O) groups is 2. The van der Waals surface area contributed by atoms with Crippen LogP contribution in [0.15, 0.2) is 12.2 Å². The molecule has 5 unspecified atom stereocenters. The lowest BCUT2D eigenvalue weighted by molar-refractivity contribution is -0.253. The summed E-state index contributed by atoms with van der Waals surface area (Å²) in [6, 6.07) is 0. The van der Waals surface area contributed by atoms with Crippen LogP contribution in [-0.4, -0.2) is 30.1 Å². The molecule has 5 fully saturated rings. The van der Waals surface area contributed by atoms with E-state index in [9.17, 15) is 14.7 Å². The van der Waals surface area contributed by atoms with Crippen molar-refractivity contribution >= 4 is 12.3 Å². The normalized spacial score (nSPS) is 53.9. The first kappa shape index (κ1) is 26.4. The van der Waals surface area contributed by atoms with Crippen molar-refractivity contribution in [2.75, 3.05) is 6.61 Å². The Kier molecular flexibility index (Phi) is 6.18. The summed E-state index contributed by atoms with van der Waals surface area (Å²) in [6.45, 7) is 18.2. The smallest absolute Gasteiger partial charge is 0.302 e. The molecule has 0 radical (unpaired) electrons. The minimum Gasteiger partial charge on any atom is -0.465 e. The Hall–Kier alpha value is -1.16. The van der Waals surface area contributed by atoms with Crippen molar-refractivity contribution in [3.8, 4) is 0 Å². The molecule has 0 bridgehead atoms. The summed E-state index contributed by atoms with van der Waals surface area (Å²) in [6.07, 6.45) is 11.7. The topological polar surface area (TPSA) is 63.6 Å². The zero-order valence-corrected chi connectivity index (χ0v) is 23.7. The zero-order chi connectivity index (χ0) is 26.3. The number of aliphatic hydroxyl groups excluding tert-OH is 1. The summed E-state index contributed by atoms with van der Waals surface area (Å²) in [5.74, 6) is 2.17. The Balaban J connectivity index is 1.52. The van der Waals surface area contributed by atoms with Crippen LogP contribution in [-0.2, 0) is 14.3 Å². The van der Waals surface area contributed by atoms with Crippen molar-refractivity contribution in [2.24, 2.45) is 56.7 Å². The summed E-state index contributed by atoms with van der Waals surface area (Å²) >= 11 is 0. The number of aldehydes is 1. The Morgan fingerprint density at radius 3 is 2.28 bits per heavy atom. The fourth-order valence-electron chi connectivity index (χ4n) is 11.7. The molecule has 0 aromatic rings. The first-order valence-electron chi connectivity index (χ1n) is 14.7. The van der Waals surface area contributed by atoms with Crippen molar-refractivity contribution in [3.05, 3.63) is 12.2 Å². The number of fused-ring (bicyclic) bond motifs is 7. The molecule has 0 heterocycles. The van der Waals surface area contributed by atoms with Gasteiger partial charge in [0.05, 0.1) is 12.7 Å². The zero-order valence-electron chi connectivity index (χ0n) is 23.7. The maximum Gasteiger partial charge on any atom is 0.302 e. The van der Waals surface area contributed by atoms with Gasteiger partial charge in [-0.25, -0.2) is 0 Å². The second-order valence-electron chi connectivity index (χ2n) is 14.9. The van der Waals surface area contributed by atoms with Gasteiger partial charge in [0, 0.05) is 17.8 Å². The van der Waals surface area contributed by atoms with Crippen LogP contribution in [0.4, 0.5) is 0 Å². The second-order valence-corrected chi connectivity index (χ2v) is 14.9. The molecule has 0 aromatic carbocycles. The quantitative estimate of drug-likeness (QED) is 0.265. The van der Waals surface area contributed by atoms with Gasteiger partial charge in [-0.3, -0.25) is 4.79 Å².